The fraction of sp³-hybridized carbons (Fsp3) is 0.118. The van der Waals surface area contributed by atoms with Crippen LogP contribution in [-0.4, -0.2) is 22.3 Å². The lowest BCUT2D eigenvalue weighted by Gasteiger charge is -2.10. The third-order valence-electron chi connectivity index (χ3n) is 3.33. The minimum Gasteiger partial charge on any atom is -0.495 e. The summed E-state index contributed by atoms with van der Waals surface area (Å²) < 4.78 is 18.9. The molecule has 2 aromatic carbocycles. The van der Waals surface area contributed by atoms with Crippen LogP contribution in [0.25, 0.3) is 0 Å². The summed E-state index contributed by atoms with van der Waals surface area (Å²) in [6.07, 6.45) is 1.48. The van der Waals surface area contributed by atoms with Crippen LogP contribution in [0, 0.1) is 5.82 Å². The topological polar surface area (TPSA) is 72.0 Å². The molecule has 2 N–H and O–H groups in total. The summed E-state index contributed by atoms with van der Waals surface area (Å²) in [5, 5.41) is 13.9. The fourth-order valence-electron chi connectivity index (χ4n) is 2.14. The number of ether oxygens (including phenoxy) is 1. The molecule has 0 radical (unpaired) electrons. The highest BCUT2D eigenvalue weighted by molar-refractivity contribution is 5.62. The molecule has 0 saturated heterocycles. The van der Waals surface area contributed by atoms with Gasteiger partial charge in [-0.15, -0.1) is 5.10 Å². The Labute approximate surface area is 138 Å². The van der Waals surface area contributed by atoms with Crippen LogP contribution in [0.5, 0.6) is 5.75 Å². The van der Waals surface area contributed by atoms with Gasteiger partial charge in [0.2, 0.25) is 5.95 Å². The van der Waals surface area contributed by atoms with Crippen LogP contribution in [0.4, 0.5) is 21.8 Å². The Bertz CT molecular complexity index is 827. The summed E-state index contributed by atoms with van der Waals surface area (Å²) in [5.74, 6) is 1.22. The van der Waals surface area contributed by atoms with Crippen molar-refractivity contribution in [1.29, 1.82) is 0 Å². The number of halogens is 1. The van der Waals surface area contributed by atoms with Gasteiger partial charge in [0.25, 0.3) is 0 Å². The van der Waals surface area contributed by atoms with E-state index in [2.05, 4.69) is 25.8 Å². The SMILES string of the molecule is COc1ccccc1Nc1nncc(NCc2ccccc2F)n1. The summed E-state index contributed by atoms with van der Waals surface area (Å²) in [6.45, 7) is 0.305. The Hall–Kier alpha value is -3.22. The van der Waals surface area contributed by atoms with Gasteiger partial charge in [-0.2, -0.15) is 10.1 Å². The number of nitrogens with zero attached hydrogens (tertiary/aromatic N) is 3. The summed E-state index contributed by atoms with van der Waals surface area (Å²) in [5.41, 5.74) is 1.28. The molecule has 0 unspecified atom stereocenters. The first kappa shape index (κ1) is 15.7. The van der Waals surface area contributed by atoms with E-state index in [9.17, 15) is 4.39 Å². The number of aromatic nitrogens is 3. The number of benzene rings is 2. The van der Waals surface area contributed by atoms with E-state index < -0.39 is 0 Å². The summed E-state index contributed by atoms with van der Waals surface area (Å²) in [4.78, 5) is 4.31. The molecule has 0 saturated carbocycles. The second-order valence-electron chi connectivity index (χ2n) is 4.94. The molecule has 0 fully saturated rings. The highest BCUT2D eigenvalue weighted by Crippen LogP contribution is 2.25. The van der Waals surface area contributed by atoms with Crippen molar-refractivity contribution in [1.82, 2.24) is 15.2 Å². The van der Waals surface area contributed by atoms with Crippen LogP contribution < -0.4 is 15.4 Å². The van der Waals surface area contributed by atoms with E-state index in [0.717, 1.165) is 5.69 Å². The zero-order valence-electron chi connectivity index (χ0n) is 13.0. The molecule has 0 bridgehead atoms. The Kier molecular flexibility index (Phi) is 4.81. The smallest absolute Gasteiger partial charge is 0.249 e. The van der Waals surface area contributed by atoms with Gasteiger partial charge in [0.15, 0.2) is 5.82 Å². The molecule has 0 aliphatic carbocycles. The lowest BCUT2D eigenvalue weighted by molar-refractivity contribution is 0.417. The number of methoxy groups -OCH3 is 1. The van der Waals surface area contributed by atoms with E-state index in [0.29, 0.717) is 29.6 Å². The zero-order chi connectivity index (χ0) is 16.8. The van der Waals surface area contributed by atoms with Crippen LogP contribution in [0.1, 0.15) is 5.56 Å². The van der Waals surface area contributed by atoms with E-state index in [-0.39, 0.29) is 5.82 Å². The van der Waals surface area contributed by atoms with Crippen molar-refractivity contribution in [3.8, 4) is 5.75 Å². The van der Waals surface area contributed by atoms with Crippen molar-refractivity contribution in [2.24, 2.45) is 0 Å². The van der Waals surface area contributed by atoms with Gasteiger partial charge in [-0.25, -0.2) is 4.39 Å². The van der Waals surface area contributed by atoms with Gasteiger partial charge in [0.1, 0.15) is 11.6 Å². The lowest BCUT2D eigenvalue weighted by Crippen LogP contribution is -2.07. The number of rotatable bonds is 6. The second kappa shape index (κ2) is 7.36. The summed E-state index contributed by atoms with van der Waals surface area (Å²) in [6, 6.07) is 14.0. The molecule has 0 amide bonds. The predicted molar refractivity (Wildman–Crippen MR) is 89.8 cm³/mol. The molecule has 0 atom stereocenters. The van der Waals surface area contributed by atoms with Crippen LogP contribution in [0.2, 0.25) is 0 Å². The normalized spacial score (nSPS) is 10.2. The number of anilines is 3. The molecule has 0 aliphatic rings. The van der Waals surface area contributed by atoms with Crippen molar-refractivity contribution in [2.75, 3.05) is 17.7 Å². The standard InChI is InChI=1S/C17H16FN5O/c1-24-15-9-5-4-8-14(15)21-17-22-16(11-20-23-17)19-10-12-6-2-3-7-13(12)18/h2-9,11H,10H2,1H3,(H2,19,21,22,23). The molecule has 0 aliphatic heterocycles. The van der Waals surface area contributed by atoms with Gasteiger partial charge in [-0.05, 0) is 18.2 Å². The van der Waals surface area contributed by atoms with Crippen LogP contribution >= 0.6 is 0 Å². The molecule has 3 aromatic rings. The second-order valence-corrected chi connectivity index (χ2v) is 4.94. The largest absolute Gasteiger partial charge is 0.495 e. The molecule has 122 valence electrons. The monoisotopic (exact) mass is 325 g/mol. The summed E-state index contributed by atoms with van der Waals surface area (Å²) >= 11 is 0. The maximum absolute atomic E-state index is 13.6. The van der Waals surface area contributed by atoms with Crippen LogP contribution in [0.15, 0.2) is 54.7 Å². The minimum absolute atomic E-state index is 0.264. The summed E-state index contributed by atoms with van der Waals surface area (Å²) in [7, 11) is 1.59. The van der Waals surface area contributed by atoms with Crippen molar-refractivity contribution < 1.29 is 9.13 Å². The first-order valence-corrected chi connectivity index (χ1v) is 7.33. The van der Waals surface area contributed by atoms with E-state index in [4.69, 9.17) is 4.74 Å². The highest BCUT2D eigenvalue weighted by atomic mass is 19.1. The Morgan fingerprint density at radius 1 is 1.08 bits per heavy atom. The maximum atomic E-state index is 13.6. The Morgan fingerprint density at radius 2 is 1.88 bits per heavy atom. The number of para-hydroxylation sites is 2. The average Bonchev–Trinajstić information content (AvgIpc) is 2.62. The zero-order valence-corrected chi connectivity index (χ0v) is 13.0. The maximum Gasteiger partial charge on any atom is 0.249 e. The van der Waals surface area contributed by atoms with Gasteiger partial charge in [-0.3, -0.25) is 0 Å². The van der Waals surface area contributed by atoms with E-state index in [1.54, 1.807) is 25.3 Å². The molecule has 3 rings (SSSR count). The predicted octanol–water partition coefficient (Wildman–Crippen LogP) is 3.38. The molecule has 1 aromatic heterocycles. The van der Waals surface area contributed by atoms with Crippen molar-refractivity contribution in [2.45, 2.75) is 6.54 Å². The molecular weight excluding hydrogens is 309 g/mol. The minimum atomic E-state index is -0.264. The van der Waals surface area contributed by atoms with Gasteiger partial charge < -0.3 is 15.4 Å². The van der Waals surface area contributed by atoms with Gasteiger partial charge in [0, 0.05) is 12.1 Å². The number of nitrogens with one attached hydrogen (secondary N) is 2. The van der Waals surface area contributed by atoms with Crippen molar-refractivity contribution in [3.05, 3.63) is 66.1 Å². The lowest BCUT2D eigenvalue weighted by atomic mass is 10.2. The molecule has 1 heterocycles. The Morgan fingerprint density at radius 3 is 2.71 bits per heavy atom. The average molecular weight is 325 g/mol. The quantitative estimate of drug-likeness (QED) is 0.724. The Balaban J connectivity index is 1.71. The van der Waals surface area contributed by atoms with Gasteiger partial charge in [-0.1, -0.05) is 30.3 Å². The van der Waals surface area contributed by atoms with Crippen LogP contribution in [-0.2, 0) is 6.54 Å². The van der Waals surface area contributed by atoms with Gasteiger partial charge >= 0.3 is 0 Å². The first-order valence-electron chi connectivity index (χ1n) is 7.33. The number of hydrogen-bond donors (Lipinski definition) is 2. The third kappa shape index (κ3) is 3.75. The van der Waals surface area contributed by atoms with Crippen molar-refractivity contribution in [3.63, 3.8) is 0 Å². The van der Waals surface area contributed by atoms with E-state index >= 15 is 0 Å². The molecular formula is C17H16FN5O. The van der Waals surface area contributed by atoms with E-state index in [1.807, 2.05) is 24.3 Å². The van der Waals surface area contributed by atoms with Crippen LogP contribution in [0.3, 0.4) is 0 Å². The van der Waals surface area contributed by atoms with E-state index in [1.165, 1.54) is 12.3 Å². The third-order valence-corrected chi connectivity index (χ3v) is 3.33. The van der Waals surface area contributed by atoms with Crippen molar-refractivity contribution >= 4 is 17.5 Å². The molecule has 0 spiro atoms. The fourth-order valence-corrected chi connectivity index (χ4v) is 2.14. The molecule has 24 heavy (non-hydrogen) atoms. The number of hydrogen-bond acceptors (Lipinski definition) is 6. The highest BCUT2D eigenvalue weighted by Gasteiger charge is 2.06. The molecule has 7 heteroatoms. The first-order chi connectivity index (χ1) is 11.8. The van der Waals surface area contributed by atoms with Gasteiger partial charge in [0.05, 0.1) is 19.0 Å². The molecule has 6 nitrogen and oxygen atoms in total.